The fraction of sp³-hybridized carbons (Fsp3) is 0.0435. The number of benzene rings is 3. The van der Waals surface area contributed by atoms with Gasteiger partial charge in [0.15, 0.2) is 5.76 Å². The highest BCUT2D eigenvalue weighted by Crippen LogP contribution is 2.33. The van der Waals surface area contributed by atoms with Crippen LogP contribution in [0.15, 0.2) is 81.7 Å². The van der Waals surface area contributed by atoms with E-state index in [2.05, 4.69) is 21.2 Å². The Hall–Kier alpha value is -3.18. The molecule has 0 bridgehead atoms. The average molecular weight is 434 g/mol. The first-order valence-corrected chi connectivity index (χ1v) is 9.52. The molecule has 4 nitrogen and oxygen atoms in total. The van der Waals surface area contributed by atoms with Crippen LogP contribution >= 0.6 is 15.9 Å². The van der Waals surface area contributed by atoms with E-state index in [1.807, 2.05) is 37.3 Å². The molecular formula is C23H16BrNO3. The standard InChI is InChI=1S/C23H16BrNO3/c1-14-5-4-6-16(13-14)23(27)25-20-18-7-2-3-8-19(18)28-22(20)21(26)15-9-11-17(24)12-10-15/h2-13H,1H3,(H,25,27). The van der Waals surface area contributed by atoms with Gasteiger partial charge in [-0.2, -0.15) is 0 Å². The summed E-state index contributed by atoms with van der Waals surface area (Å²) in [6.07, 6.45) is 0. The number of nitrogens with one attached hydrogen (secondary N) is 1. The molecule has 1 amide bonds. The van der Waals surface area contributed by atoms with Crippen LogP contribution in [0.1, 0.15) is 32.0 Å². The number of anilines is 1. The molecule has 0 radical (unpaired) electrons. The van der Waals surface area contributed by atoms with Gasteiger partial charge >= 0.3 is 0 Å². The van der Waals surface area contributed by atoms with Crippen LogP contribution in [0.4, 0.5) is 5.69 Å². The molecule has 28 heavy (non-hydrogen) atoms. The molecular weight excluding hydrogens is 418 g/mol. The summed E-state index contributed by atoms with van der Waals surface area (Å²) in [4.78, 5) is 25.9. The van der Waals surface area contributed by atoms with Gasteiger partial charge in [-0.25, -0.2) is 0 Å². The van der Waals surface area contributed by atoms with Gasteiger partial charge in [-0.1, -0.05) is 45.8 Å². The predicted molar refractivity (Wildman–Crippen MR) is 113 cm³/mol. The van der Waals surface area contributed by atoms with Crippen LogP contribution in [0.5, 0.6) is 0 Å². The third kappa shape index (κ3) is 3.49. The molecule has 1 aromatic heterocycles. The molecule has 4 aromatic rings. The number of halogens is 1. The molecule has 0 fully saturated rings. The zero-order valence-electron chi connectivity index (χ0n) is 15.0. The maximum atomic E-state index is 13.1. The van der Waals surface area contributed by atoms with Crippen molar-refractivity contribution in [3.05, 3.63) is 99.7 Å². The van der Waals surface area contributed by atoms with Crippen molar-refractivity contribution in [2.45, 2.75) is 6.92 Å². The molecule has 0 aliphatic carbocycles. The van der Waals surface area contributed by atoms with Crippen LogP contribution in [-0.4, -0.2) is 11.7 Å². The topological polar surface area (TPSA) is 59.3 Å². The molecule has 0 saturated carbocycles. The van der Waals surface area contributed by atoms with Gasteiger partial charge in [0.05, 0.1) is 5.69 Å². The van der Waals surface area contributed by atoms with Gasteiger partial charge in [0, 0.05) is 21.0 Å². The van der Waals surface area contributed by atoms with E-state index in [4.69, 9.17) is 4.42 Å². The number of fused-ring (bicyclic) bond motifs is 1. The van der Waals surface area contributed by atoms with E-state index in [1.165, 1.54) is 0 Å². The largest absolute Gasteiger partial charge is 0.450 e. The maximum absolute atomic E-state index is 13.1. The highest BCUT2D eigenvalue weighted by molar-refractivity contribution is 9.10. The summed E-state index contributed by atoms with van der Waals surface area (Å²) in [6.45, 7) is 1.92. The zero-order valence-corrected chi connectivity index (χ0v) is 16.6. The van der Waals surface area contributed by atoms with Gasteiger partial charge in [-0.15, -0.1) is 0 Å². The van der Waals surface area contributed by atoms with Crippen molar-refractivity contribution in [2.75, 3.05) is 5.32 Å². The first-order chi connectivity index (χ1) is 13.5. The van der Waals surface area contributed by atoms with Crippen molar-refractivity contribution < 1.29 is 14.0 Å². The third-order valence-electron chi connectivity index (χ3n) is 4.43. The van der Waals surface area contributed by atoms with Crippen molar-refractivity contribution in [1.29, 1.82) is 0 Å². The normalized spacial score (nSPS) is 10.8. The van der Waals surface area contributed by atoms with Gasteiger partial charge in [-0.3, -0.25) is 9.59 Å². The van der Waals surface area contributed by atoms with Crippen molar-refractivity contribution in [3.63, 3.8) is 0 Å². The summed E-state index contributed by atoms with van der Waals surface area (Å²) in [5.74, 6) is -0.465. The number of amides is 1. The Kier molecular flexibility index (Phi) is 4.84. The molecule has 0 aliphatic rings. The predicted octanol–water partition coefficient (Wildman–Crippen LogP) is 5.99. The molecule has 138 valence electrons. The second-order valence-corrected chi connectivity index (χ2v) is 7.38. The van der Waals surface area contributed by atoms with E-state index in [0.29, 0.717) is 27.8 Å². The number of aryl methyl sites for hydroxylation is 1. The first kappa shape index (κ1) is 18.2. The monoisotopic (exact) mass is 433 g/mol. The SMILES string of the molecule is Cc1cccc(C(=O)Nc2c(C(=O)c3ccc(Br)cc3)oc3ccccc23)c1. The number of carbonyl (C=O) groups is 2. The van der Waals surface area contributed by atoms with Crippen molar-refractivity contribution in [2.24, 2.45) is 0 Å². The quantitative estimate of drug-likeness (QED) is 0.402. The Morgan fingerprint density at radius 1 is 0.893 bits per heavy atom. The van der Waals surface area contributed by atoms with Gasteiger partial charge in [0.1, 0.15) is 5.58 Å². The summed E-state index contributed by atoms with van der Waals surface area (Å²) in [7, 11) is 0. The van der Waals surface area contributed by atoms with E-state index in [9.17, 15) is 9.59 Å². The average Bonchev–Trinajstić information content (AvgIpc) is 3.06. The summed E-state index contributed by atoms with van der Waals surface area (Å²) in [5, 5.41) is 3.56. The minimum atomic E-state index is -0.292. The molecule has 0 unspecified atom stereocenters. The minimum absolute atomic E-state index is 0.115. The first-order valence-electron chi connectivity index (χ1n) is 8.73. The Bertz CT molecular complexity index is 1190. The second kappa shape index (κ2) is 7.44. The number of hydrogen-bond donors (Lipinski definition) is 1. The maximum Gasteiger partial charge on any atom is 0.255 e. The molecule has 3 aromatic carbocycles. The Morgan fingerprint density at radius 3 is 2.39 bits per heavy atom. The Labute approximate surface area is 170 Å². The lowest BCUT2D eigenvalue weighted by Gasteiger charge is -2.07. The van der Waals surface area contributed by atoms with Crippen LogP contribution in [0, 0.1) is 6.92 Å². The second-order valence-electron chi connectivity index (χ2n) is 6.46. The number of carbonyl (C=O) groups excluding carboxylic acids is 2. The highest BCUT2D eigenvalue weighted by atomic mass is 79.9. The molecule has 1 heterocycles. The lowest BCUT2D eigenvalue weighted by Crippen LogP contribution is -2.14. The molecule has 4 rings (SSSR count). The summed E-state index contributed by atoms with van der Waals surface area (Å²) in [5.41, 5.74) is 2.91. The van der Waals surface area contributed by atoms with Crippen LogP contribution in [0.25, 0.3) is 11.0 Å². The van der Waals surface area contributed by atoms with Crippen LogP contribution < -0.4 is 5.32 Å². The number of para-hydroxylation sites is 1. The highest BCUT2D eigenvalue weighted by Gasteiger charge is 2.23. The van der Waals surface area contributed by atoms with Gasteiger partial charge in [0.25, 0.3) is 5.91 Å². The van der Waals surface area contributed by atoms with Crippen LogP contribution in [0.2, 0.25) is 0 Å². The van der Waals surface area contributed by atoms with Crippen molar-refractivity contribution in [1.82, 2.24) is 0 Å². The number of ketones is 1. The van der Waals surface area contributed by atoms with E-state index < -0.39 is 0 Å². The van der Waals surface area contributed by atoms with E-state index in [0.717, 1.165) is 10.0 Å². The van der Waals surface area contributed by atoms with Crippen LogP contribution in [-0.2, 0) is 0 Å². The molecule has 0 saturated heterocycles. The molecule has 5 heteroatoms. The van der Waals surface area contributed by atoms with Crippen molar-refractivity contribution >= 4 is 44.3 Å². The summed E-state index contributed by atoms with van der Waals surface area (Å²) < 4.78 is 6.71. The fourth-order valence-corrected chi connectivity index (χ4v) is 3.30. The molecule has 0 atom stereocenters. The van der Waals surface area contributed by atoms with Crippen LogP contribution in [0.3, 0.4) is 0 Å². The number of furan rings is 1. The lowest BCUT2D eigenvalue weighted by atomic mass is 10.1. The molecule has 1 N–H and O–H groups in total. The minimum Gasteiger partial charge on any atom is -0.450 e. The third-order valence-corrected chi connectivity index (χ3v) is 4.96. The van der Waals surface area contributed by atoms with E-state index in [1.54, 1.807) is 42.5 Å². The fourth-order valence-electron chi connectivity index (χ4n) is 3.03. The number of rotatable bonds is 4. The molecule has 0 spiro atoms. The Morgan fingerprint density at radius 2 is 1.64 bits per heavy atom. The lowest BCUT2D eigenvalue weighted by molar-refractivity contribution is 0.101. The van der Waals surface area contributed by atoms with Gasteiger partial charge in [0.2, 0.25) is 5.78 Å². The smallest absolute Gasteiger partial charge is 0.255 e. The Balaban J connectivity index is 1.78. The summed E-state index contributed by atoms with van der Waals surface area (Å²) >= 11 is 3.37. The zero-order chi connectivity index (χ0) is 19.7. The van der Waals surface area contributed by atoms with Gasteiger partial charge in [-0.05, 0) is 55.5 Å². The molecule has 0 aliphatic heterocycles. The summed E-state index contributed by atoms with van der Waals surface area (Å²) in [6, 6.07) is 21.6. The van der Waals surface area contributed by atoms with E-state index in [-0.39, 0.29) is 17.5 Å². The van der Waals surface area contributed by atoms with E-state index >= 15 is 0 Å². The number of hydrogen-bond acceptors (Lipinski definition) is 3. The van der Waals surface area contributed by atoms with Crippen molar-refractivity contribution in [3.8, 4) is 0 Å². The van der Waals surface area contributed by atoms with Gasteiger partial charge < -0.3 is 9.73 Å².